The molecule has 0 saturated heterocycles. The molecule has 0 heterocycles. The fourth-order valence-electron chi connectivity index (χ4n) is 0.356. The first-order chi connectivity index (χ1) is 5.20. The van der Waals surface area contributed by atoms with Gasteiger partial charge in [0.25, 0.3) is 0 Å². The Kier molecular flexibility index (Phi) is 4.55. The van der Waals surface area contributed by atoms with Gasteiger partial charge in [-0.3, -0.25) is 0 Å². The summed E-state index contributed by atoms with van der Waals surface area (Å²) in [5, 5.41) is 1.79. The first-order valence-corrected chi connectivity index (χ1v) is 2.96. The van der Waals surface area contributed by atoms with E-state index in [0.29, 0.717) is 0 Å². The predicted molar refractivity (Wildman–Crippen MR) is 36.8 cm³/mol. The van der Waals surface area contributed by atoms with E-state index in [1.54, 1.807) is 12.2 Å². The number of amides is 2. The zero-order chi connectivity index (χ0) is 8.69. The van der Waals surface area contributed by atoms with Crippen LogP contribution in [0.15, 0.2) is 12.8 Å². The molecule has 11 heavy (non-hydrogen) atoms. The molecule has 0 spiro atoms. The van der Waals surface area contributed by atoms with Gasteiger partial charge in [-0.05, 0) is 6.92 Å². The van der Waals surface area contributed by atoms with Gasteiger partial charge in [0.05, 0.1) is 12.9 Å². The maximum absolute atomic E-state index is 10.5. The van der Waals surface area contributed by atoms with Crippen LogP contribution in [-0.2, 0) is 9.47 Å². The Labute approximate surface area is 64.0 Å². The first kappa shape index (κ1) is 9.48. The minimum Gasteiger partial charge on any atom is -0.449 e. The number of nitrogens with one attached hydrogen (secondary N) is 1. The third-order valence-electron chi connectivity index (χ3n) is 0.670. The van der Waals surface area contributed by atoms with Crippen LogP contribution in [0.3, 0.4) is 0 Å². The van der Waals surface area contributed by atoms with E-state index in [0.717, 1.165) is 6.26 Å². The number of carbonyl (C=O) groups is 2. The van der Waals surface area contributed by atoms with Crippen molar-refractivity contribution in [2.24, 2.45) is 0 Å². The van der Waals surface area contributed by atoms with Crippen LogP contribution < -0.4 is 5.32 Å². The van der Waals surface area contributed by atoms with Gasteiger partial charge >= 0.3 is 12.2 Å². The predicted octanol–water partition coefficient (Wildman–Crippen LogP) is 1.01. The molecule has 0 aliphatic carbocycles. The molecule has 0 unspecified atom stereocenters. The first-order valence-electron chi connectivity index (χ1n) is 2.96. The quantitative estimate of drug-likeness (QED) is 0.610. The fourth-order valence-corrected chi connectivity index (χ4v) is 0.356. The average molecular weight is 159 g/mol. The largest absolute Gasteiger partial charge is 0.449 e. The summed E-state index contributed by atoms with van der Waals surface area (Å²) in [5.41, 5.74) is 0. The molecule has 0 atom stereocenters. The molecule has 5 heteroatoms. The van der Waals surface area contributed by atoms with Crippen molar-refractivity contribution in [3.05, 3.63) is 12.8 Å². The van der Waals surface area contributed by atoms with Gasteiger partial charge < -0.3 is 9.47 Å². The lowest BCUT2D eigenvalue weighted by molar-refractivity contribution is 0.143. The van der Waals surface area contributed by atoms with Gasteiger partial charge in [-0.1, -0.05) is 6.58 Å². The van der Waals surface area contributed by atoms with Crippen molar-refractivity contribution < 1.29 is 19.1 Å². The normalized spacial score (nSPS) is 8.09. The molecule has 0 aliphatic heterocycles. The molecule has 1 N–H and O–H groups in total. The minimum absolute atomic E-state index is 0.202. The van der Waals surface area contributed by atoms with E-state index in [1.807, 2.05) is 0 Å². The zero-order valence-electron chi connectivity index (χ0n) is 6.12. The summed E-state index contributed by atoms with van der Waals surface area (Å²) in [6, 6.07) is 0. The summed E-state index contributed by atoms with van der Waals surface area (Å²) in [6.07, 6.45) is -0.827. The number of hydrogen-bond acceptors (Lipinski definition) is 4. The van der Waals surface area contributed by atoms with Crippen LogP contribution in [0.1, 0.15) is 6.92 Å². The van der Waals surface area contributed by atoms with Crippen molar-refractivity contribution in [3.8, 4) is 0 Å². The SMILES string of the molecule is C=COC(=O)NC(=O)OCC. The molecular weight excluding hydrogens is 150 g/mol. The topological polar surface area (TPSA) is 64.6 Å². The summed E-state index contributed by atoms with van der Waals surface area (Å²) in [7, 11) is 0. The molecule has 5 nitrogen and oxygen atoms in total. The van der Waals surface area contributed by atoms with E-state index in [1.165, 1.54) is 0 Å². The lowest BCUT2D eigenvalue weighted by Crippen LogP contribution is -2.30. The van der Waals surface area contributed by atoms with Crippen LogP contribution in [0.5, 0.6) is 0 Å². The summed E-state index contributed by atoms with van der Waals surface area (Å²) in [5.74, 6) is 0. The van der Waals surface area contributed by atoms with Crippen LogP contribution in [-0.4, -0.2) is 18.8 Å². The Hall–Kier alpha value is -1.52. The molecular formula is C6H9NO4. The van der Waals surface area contributed by atoms with E-state index < -0.39 is 12.2 Å². The number of hydrogen-bond donors (Lipinski definition) is 1. The molecule has 0 aromatic heterocycles. The second-order valence-electron chi connectivity index (χ2n) is 1.42. The van der Waals surface area contributed by atoms with Crippen molar-refractivity contribution in [2.75, 3.05) is 6.61 Å². The van der Waals surface area contributed by atoms with Gasteiger partial charge in [0, 0.05) is 0 Å². The van der Waals surface area contributed by atoms with Crippen LogP contribution in [0.4, 0.5) is 9.59 Å². The second-order valence-corrected chi connectivity index (χ2v) is 1.42. The lowest BCUT2D eigenvalue weighted by Gasteiger charge is -2.00. The Bertz CT molecular complexity index is 166. The Morgan fingerprint density at radius 2 is 2.18 bits per heavy atom. The molecule has 0 aliphatic rings. The fraction of sp³-hybridized carbons (Fsp3) is 0.333. The third-order valence-corrected chi connectivity index (χ3v) is 0.670. The molecule has 0 bridgehead atoms. The van der Waals surface area contributed by atoms with E-state index in [2.05, 4.69) is 16.1 Å². The highest BCUT2D eigenvalue weighted by atomic mass is 16.6. The highest BCUT2D eigenvalue weighted by molar-refractivity contribution is 5.87. The Balaban J connectivity index is 3.57. The van der Waals surface area contributed by atoms with Gasteiger partial charge in [0.2, 0.25) is 0 Å². The zero-order valence-corrected chi connectivity index (χ0v) is 6.12. The number of alkyl carbamates (subject to hydrolysis) is 2. The number of carbonyl (C=O) groups excluding carboxylic acids is 2. The highest BCUT2D eigenvalue weighted by Crippen LogP contribution is 1.80. The summed E-state index contributed by atoms with van der Waals surface area (Å²) < 4.78 is 8.55. The smallest absolute Gasteiger partial charge is 0.421 e. The molecule has 0 aromatic rings. The van der Waals surface area contributed by atoms with Crippen molar-refractivity contribution in [1.29, 1.82) is 0 Å². The van der Waals surface area contributed by atoms with E-state index in [9.17, 15) is 9.59 Å². The summed E-state index contributed by atoms with van der Waals surface area (Å²) in [6.45, 7) is 4.94. The van der Waals surface area contributed by atoms with Gasteiger partial charge in [-0.25, -0.2) is 14.9 Å². The highest BCUT2D eigenvalue weighted by Gasteiger charge is 2.06. The number of imide groups is 1. The monoisotopic (exact) mass is 159 g/mol. The third kappa shape index (κ3) is 4.95. The maximum atomic E-state index is 10.5. The van der Waals surface area contributed by atoms with Crippen LogP contribution in [0.2, 0.25) is 0 Å². The van der Waals surface area contributed by atoms with Crippen LogP contribution in [0, 0.1) is 0 Å². The van der Waals surface area contributed by atoms with Gasteiger partial charge in [0.15, 0.2) is 0 Å². The Morgan fingerprint density at radius 3 is 2.64 bits per heavy atom. The van der Waals surface area contributed by atoms with Crippen molar-refractivity contribution >= 4 is 12.2 Å². The molecule has 0 fully saturated rings. The maximum Gasteiger partial charge on any atom is 0.421 e. The molecule has 0 aromatic carbocycles. The number of ether oxygens (including phenoxy) is 2. The molecule has 0 rings (SSSR count). The second kappa shape index (κ2) is 5.28. The van der Waals surface area contributed by atoms with Gasteiger partial charge in [-0.2, -0.15) is 0 Å². The number of rotatable bonds is 2. The molecule has 2 amide bonds. The summed E-state index contributed by atoms with van der Waals surface area (Å²) in [4.78, 5) is 20.9. The Morgan fingerprint density at radius 1 is 1.55 bits per heavy atom. The van der Waals surface area contributed by atoms with Gasteiger partial charge in [-0.15, -0.1) is 0 Å². The van der Waals surface area contributed by atoms with Crippen molar-refractivity contribution in [2.45, 2.75) is 6.92 Å². The molecule has 0 saturated carbocycles. The van der Waals surface area contributed by atoms with Crippen molar-refractivity contribution in [1.82, 2.24) is 5.32 Å². The summed E-state index contributed by atoms with van der Waals surface area (Å²) >= 11 is 0. The van der Waals surface area contributed by atoms with Crippen LogP contribution >= 0.6 is 0 Å². The minimum atomic E-state index is -0.904. The van der Waals surface area contributed by atoms with Gasteiger partial charge in [0.1, 0.15) is 0 Å². The van der Waals surface area contributed by atoms with E-state index in [4.69, 9.17) is 0 Å². The van der Waals surface area contributed by atoms with E-state index >= 15 is 0 Å². The standard InChI is InChI=1S/C6H9NO4/c1-3-10-5(8)7-6(9)11-4-2/h3H,1,4H2,2H3,(H,7,8,9). The van der Waals surface area contributed by atoms with Crippen molar-refractivity contribution in [3.63, 3.8) is 0 Å². The molecule has 62 valence electrons. The molecule has 0 radical (unpaired) electrons. The van der Waals surface area contributed by atoms with E-state index in [-0.39, 0.29) is 6.61 Å². The van der Waals surface area contributed by atoms with Crippen LogP contribution in [0.25, 0.3) is 0 Å². The average Bonchev–Trinajstić information content (AvgIpc) is 1.87. The lowest BCUT2D eigenvalue weighted by atomic mass is 10.8.